The van der Waals surface area contributed by atoms with Crippen molar-refractivity contribution in [1.82, 2.24) is 9.78 Å². The number of nitrogens with zero attached hydrogens (tertiary/aromatic N) is 2. The second-order valence-corrected chi connectivity index (χ2v) is 4.25. The Labute approximate surface area is 99.6 Å². The van der Waals surface area contributed by atoms with Gasteiger partial charge in [-0.15, -0.1) is 0 Å². The van der Waals surface area contributed by atoms with Crippen LogP contribution < -0.4 is 0 Å². The number of rotatable bonds is 2. The topological polar surface area (TPSA) is 51.2 Å². The average molecular weight is 292 g/mol. The highest BCUT2D eigenvalue weighted by molar-refractivity contribution is 9.10. The first-order valence-corrected chi connectivity index (χ1v) is 5.36. The van der Waals surface area contributed by atoms with Crippen molar-refractivity contribution in [3.8, 4) is 0 Å². The molecule has 0 aliphatic carbocycles. The summed E-state index contributed by atoms with van der Waals surface area (Å²) in [6.07, 6.45) is 2.20. The van der Waals surface area contributed by atoms with Crippen molar-refractivity contribution >= 4 is 27.5 Å². The molecule has 0 aliphatic heterocycles. The van der Waals surface area contributed by atoms with Crippen molar-refractivity contribution in [2.75, 3.05) is 0 Å². The first-order valence-electron chi connectivity index (χ1n) is 4.19. The zero-order valence-corrected chi connectivity index (χ0v) is 10.2. The van der Waals surface area contributed by atoms with Crippen LogP contribution in [0.5, 0.6) is 0 Å². The van der Waals surface area contributed by atoms with Crippen LogP contribution in [0.25, 0.3) is 0 Å². The number of furan rings is 1. The summed E-state index contributed by atoms with van der Waals surface area (Å²) in [6.45, 7) is 0. The minimum absolute atomic E-state index is 0.190. The summed E-state index contributed by atoms with van der Waals surface area (Å²) in [7, 11) is 1.75. The van der Waals surface area contributed by atoms with Gasteiger partial charge in [0.2, 0.25) is 0 Å². The lowest BCUT2D eigenvalue weighted by Gasteiger charge is -2.10. The number of hydrogen-bond donors (Lipinski definition) is 1. The van der Waals surface area contributed by atoms with E-state index < -0.39 is 6.10 Å². The summed E-state index contributed by atoms with van der Waals surface area (Å²) >= 11 is 9.10. The van der Waals surface area contributed by atoms with E-state index in [4.69, 9.17) is 16.0 Å². The molecule has 2 heterocycles. The maximum Gasteiger partial charge on any atom is 0.199 e. The van der Waals surface area contributed by atoms with Crippen molar-refractivity contribution in [2.45, 2.75) is 6.10 Å². The van der Waals surface area contributed by atoms with E-state index in [9.17, 15) is 5.11 Å². The highest BCUT2D eigenvalue weighted by Gasteiger charge is 2.21. The molecule has 0 aromatic carbocycles. The molecule has 0 saturated carbocycles. The molecule has 1 N–H and O–H groups in total. The lowest BCUT2D eigenvalue weighted by Crippen LogP contribution is -2.06. The van der Waals surface area contributed by atoms with Crippen molar-refractivity contribution in [1.29, 1.82) is 0 Å². The number of aliphatic hydroxyl groups excluding tert-OH is 1. The van der Waals surface area contributed by atoms with E-state index in [2.05, 4.69) is 21.0 Å². The number of hydrogen-bond acceptors (Lipinski definition) is 3. The molecule has 0 radical (unpaired) electrons. The van der Waals surface area contributed by atoms with Gasteiger partial charge in [0, 0.05) is 12.6 Å². The highest BCUT2D eigenvalue weighted by Crippen LogP contribution is 2.32. The second-order valence-electron chi connectivity index (χ2n) is 3.05. The number of aliphatic hydroxyl groups is 1. The Balaban J connectivity index is 2.45. The maximum atomic E-state index is 10.1. The van der Waals surface area contributed by atoms with E-state index in [-0.39, 0.29) is 5.22 Å². The van der Waals surface area contributed by atoms with Crippen LogP contribution in [0.1, 0.15) is 17.4 Å². The second kappa shape index (κ2) is 4.00. The zero-order valence-electron chi connectivity index (χ0n) is 7.82. The molecule has 0 bridgehead atoms. The lowest BCUT2D eigenvalue weighted by molar-refractivity contribution is 0.208. The van der Waals surface area contributed by atoms with Gasteiger partial charge < -0.3 is 9.52 Å². The molecule has 1 unspecified atom stereocenters. The van der Waals surface area contributed by atoms with Gasteiger partial charge in [-0.25, -0.2) is 0 Å². The summed E-state index contributed by atoms with van der Waals surface area (Å²) in [5.41, 5.74) is 1.17. The fourth-order valence-corrected chi connectivity index (χ4v) is 2.16. The van der Waals surface area contributed by atoms with Gasteiger partial charge >= 0.3 is 0 Å². The summed E-state index contributed by atoms with van der Waals surface area (Å²) in [6, 6.07) is 1.63. The monoisotopic (exact) mass is 290 g/mol. The quantitative estimate of drug-likeness (QED) is 0.925. The van der Waals surface area contributed by atoms with Crippen molar-refractivity contribution < 1.29 is 9.52 Å². The minimum Gasteiger partial charge on any atom is -0.453 e. The maximum absolute atomic E-state index is 10.1. The summed E-state index contributed by atoms with van der Waals surface area (Å²) in [4.78, 5) is 0. The third-order valence-electron chi connectivity index (χ3n) is 2.14. The van der Waals surface area contributed by atoms with Gasteiger partial charge in [-0.1, -0.05) is 0 Å². The minimum atomic E-state index is -0.849. The molecule has 2 rings (SSSR count). The molecule has 0 saturated heterocycles. The Morgan fingerprint density at radius 1 is 1.67 bits per heavy atom. The van der Waals surface area contributed by atoms with Crippen molar-refractivity contribution in [3.63, 3.8) is 0 Å². The Bertz CT molecular complexity index is 461. The molecular weight excluding hydrogens is 283 g/mol. The van der Waals surface area contributed by atoms with Gasteiger partial charge in [-0.05, 0) is 33.6 Å². The predicted octanol–water partition coefficient (Wildman–Crippen LogP) is 2.51. The van der Waals surface area contributed by atoms with Crippen LogP contribution in [0.2, 0.25) is 5.22 Å². The van der Waals surface area contributed by atoms with Crippen LogP contribution >= 0.6 is 27.5 Å². The average Bonchev–Trinajstić information content (AvgIpc) is 2.73. The van der Waals surface area contributed by atoms with Crippen molar-refractivity contribution in [3.05, 3.63) is 39.5 Å². The van der Waals surface area contributed by atoms with Crippen LogP contribution in [-0.4, -0.2) is 14.9 Å². The van der Waals surface area contributed by atoms with Gasteiger partial charge in [0.15, 0.2) is 5.22 Å². The van der Waals surface area contributed by atoms with Gasteiger partial charge in [0.1, 0.15) is 6.10 Å². The molecule has 6 heteroatoms. The van der Waals surface area contributed by atoms with Gasteiger partial charge in [0.05, 0.1) is 22.6 Å². The Morgan fingerprint density at radius 3 is 2.87 bits per heavy atom. The predicted molar refractivity (Wildman–Crippen MR) is 58.7 cm³/mol. The van der Waals surface area contributed by atoms with E-state index >= 15 is 0 Å². The van der Waals surface area contributed by atoms with Crippen LogP contribution in [0, 0.1) is 0 Å². The Morgan fingerprint density at radius 2 is 2.40 bits per heavy atom. The fraction of sp³-hybridized carbons (Fsp3) is 0.222. The standard InChI is InChI=1S/C9H8BrClN2O2/c1-13-7(6(10)4-12-13)8(14)5-2-3-15-9(5)11/h2-4,8,14H,1H3. The van der Waals surface area contributed by atoms with E-state index in [1.807, 2.05) is 0 Å². The molecule has 2 aromatic rings. The zero-order chi connectivity index (χ0) is 11.0. The lowest BCUT2D eigenvalue weighted by atomic mass is 10.1. The fourth-order valence-electron chi connectivity index (χ4n) is 1.37. The third-order valence-corrected chi connectivity index (χ3v) is 3.06. The van der Waals surface area contributed by atoms with Crippen LogP contribution in [-0.2, 0) is 7.05 Å². The van der Waals surface area contributed by atoms with Gasteiger partial charge in [0.25, 0.3) is 0 Å². The molecule has 15 heavy (non-hydrogen) atoms. The first kappa shape index (κ1) is 10.7. The molecule has 0 amide bonds. The van der Waals surface area contributed by atoms with Gasteiger partial charge in [-0.3, -0.25) is 4.68 Å². The highest BCUT2D eigenvalue weighted by atomic mass is 79.9. The van der Waals surface area contributed by atoms with Crippen LogP contribution in [0.4, 0.5) is 0 Å². The molecule has 0 spiro atoms. The molecular formula is C9H8BrClN2O2. The largest absolute Gasteiger partial charge is 0.453 e. The molecule has 80 valence electrons. The number of aryl methyl sites for hydroxylation is 1. The first-order chi connectivity index (χ1) is 7.11. The van der Waals surface area contributed by atoms with E-state index in [1.54, 1.807) is 24.0 Å². The summed E-state index contributed by atoms with van der Waals surface area (Å²) in [5, 5.41) is 14.3. The number of halogens is 2. The Hall–Kier alpha value is -0.780. The molecule has 2 aromatic heterocycles. The summed E-state index contributed by atoms with van der Waals surface area (Å²) < 4.78 is 7.24. The number of aromatic nitrogens is 2. The van der Waals surface area contributed by atoms with Gasteiger partial charge in [-0.2, -0.15) is 5.10 Å². The molecule has 1 atom stereocenters. The molecule has 0 aliphatic rings. The third kappa shape index (κ3) is 1.82. The van der Waals surface area contributed by atoms with E-state index in [0.717, 1.165) is 4.47 Å². The Kier molecular flexibility index (Phi) is 2.86. The van der Waals surface area contributed by atoms with Crippen LogP contribution in [0.15, 0.2) is 27.4 Å². The summed E-state index contributed by atoms with van der Waals surface area (Å²) in [5.74, 6) is 0. The SMILES string of the molecule is Cn1ncc(Br)c1C(O)c1ccoc1Cl. The van der Waals surface area contributed by atoms with E-state index in [0.29, 0.717) is 11.3 Å². The van der Waals surface area contributed by atoms with Crippen LogP contribution in [0.3, 0.4) is 0 Å². The van der Waals surface area contributed by atoms with Crippen molar-refractivity contribution in [2.24, 2.45) is 7.05 Å². The smallest absolute Gasteiger partial charge is 0.199 e. The molecule has 0 fully saturated rings. The van der Waals surface area contributed by atoms with E-state index in [1.165, 1.54) is 6.26 Å². The normalized spacial score (nSPS) is 13.1. The molecule has 4 nitrogen and oxygen atoms in total.